The highest BCUT2D eigenvalue weighted by Crippen LogP contribution is 2.18. The summed E-state index contributed by atoms with van der Waals surface area (Å²) in [6.45, 7) is 4.80. The van der Waals surface area contributed by atoms with Crippen LogP contribution < -0.4 is 15.4 Å². The van der Waals surface area contributed by atoms with E-state index in [1.807, 2.05) is 24.3 Å². The molecule has 0 spiro atoms. The maximum atomic E-state index is 10.3. The third-order valence-corrected chi connectivity index (χ3v) is 4.71. The van der Waals surface area contributed by atoms with E-state index in [4.69, 9.17) is 16.3 Å². The first kappa shape index (κ1) is 19.7. The van der Waals surface area contributed by atoms with Gasteiger partial charge in [-0.3, -0.25) is 4.99 Å². The van der Waals surface area contributed by atoms with Crippen molar-refractivity contribution >= 4 is 17.4 Å². The van der Waals surface area contributed by atoms with Crippen LogP contribution in [0.15, 0.2) is 53.5 Å². The molecular formula is C21H26ClN3O2. The van der Waals surface area contributed by atoms with Crippen molar-refractivity contribution in [2.24, 2.45) is 4.99 Å². The number of aliphatic hydroxyl groups excluding tert-OH is 1. The average Bonchev–Trinajstić information content (AvgIpc) is 3.19. The zero-order valence-corrected chi connectivity index (χ0v) is 16.2. The Kier molecular flexibility index (Phi) is 7.10. The molecule has 0 aromatic heterocycles. The molecule has 3 rings (SSSR count). The summed E-state index contributed by atoms with van der Waals surface area (Å²) in [7, 11) is 0. The molecule has 6 heteroatoms. The second kappa shape index (κ2) is 9.74. The van der Waals surface area contributed by atoms with Crippen LogP contribution in [0, 0.1) is 0 Å². The van der Waals surface area contributed by atoms with Gasteiger partial charge in [0.2, 0.25) is 0 Å². The minimum Gasteiger partial charge on any atom is -0.486 e. The summed E-state index contributed by atoms with van der Waals surface area (Å²) in [6, 6.07) is 15.7. The molecule has 0 saturated heterocycles. The summed E-state index contributed by atoms with van der Waals surface area (Å²) >= 11 is 5.98. The Bertz CT molecular complexity index is 764. The van der Waals surface area contributed by atoms with Gasteiger partial charge in [-0.05, 0) is 48.7 Å². The lowest BCUT2D eigenvalue weighted by molar-refractivity contribution is 0.170. The Morgan fingerprint density at radius 3 is 2.78 bits per heavy atom. The van der Waals surface area contributed by atoms with Crippen LogP contribution in [0.2, 0.25) is 5.02 Å². The number of ether oxygens (including phenoxy) is 1. The minimum atomic E-state index is -0.575. The molecule has 1 aliphatic rings. The number of hydrogen-bond donors (Lipinski definition) is 3. The van der Waals surface area contributed by atoms with Gasteiger partial charge in [0.1, 0.15) is 18.2 Å². The number of hydrogen-bond acceptors (Lipinski definition) is 5. The molecule has 5 nitrogen and oxygen atoms in total. The fraction of sp³-hybridized carbons (Fsp3) is 0.381. The van der Waals surface area contributed by atoms with Crippen LogP contribution in [0.5, 0.6) is 5.75 Å². The van der Waals surface area contributed by atoms with Crippen LogP contribution >= 0.6 is 11.6 Å². The first-order valence-electron chi connectivity index (χ1n) is 9.26. The van der Waals surface area contributed by atoms with Crippen molar-refractivity contribution in [1.82, 2.24) is 10.6 Å². The predicted molar refractivity (Wildman–Crippen MR) is 110 cm³/mol. The van der Waals surface area contributed by atoms with Crippen LogP contribution in [-0.2, 0) is 6.42 Å². The molecule has 2 aromatic rings. The Labute approximate surface area is 165 Å². The molecule has 0 aliphatic carbocycles. The number of benzene rings is 2. The highest BCUT2D eigenvalue weighted by molar-refractivity contribution is 6.30. The molecule has 0 amide bonds. The SMILES string of the molecule is CC(Cc1ccc(OCC2=NCCN2)cc1)NCC(O)c1cccc(Cl)c1. The lowest BCUT2D eigenvalue weighted by Gasteiger charge is -2.18. The normalized spacial score (nSPS) is 15.7. The van der Waals surface area contributed by atoms with E-state index in [1.165, 1.54) is 5.56 Å². The number of nitrogens with zero attached hydrogens (tertiary/aromatic N) is 1. The molecule has 0 saturated carbocycles. The standard InChI is InChI=1S/C21H26ClN3O2/c1-15(25-13-20(26)17-3-2-4-18(22)12-17)11-16-5-7-19(8-6-16)27-14-21-23-9-10-24-21/h2-8,12,15,20,25-26H,9-11,13-14H2,1H3,(H,23,24). The average molecular weight is 388 g/mol. The van der Waals surface area contributed by atoms with Crippen molar-refractivity contribution in [1.29, 1.82) is 0 Å². The summed E-state index contributed by atoms with van der Waals surface area (Å²) in [5, 5.41) is 17.5. The summed E-state index contributed by atoms with van der Waals surface area (Å²) in [5.41, 5.74) is 2.04. The van der Waals surface area contributed by atoms with Gasteiger partial charge in [-0.2, -0.15) is 0 Å². The quantitative estimate of drug-likeness (QED) is 0.619. The highest BCUT2D eigenvalue weighted by atomic mass is 35.5. The van der Waals surface area contributed by atoms with E-state index in [9.17, 15) is 5.11 Å². The third-order valence-electron chi connectivity index (χ3n) is 4.48. The van der Waals surface area contributed by atoms with Gasteiger partial charge in [-0.1, -0.05) is 35.9 Å². The topological polar surface area (TPSA) is 65.9 Å². The van der Waals surface area contributed by atoms with Crippen LogP contribution in [0.25, 0.3) is 0 Å². The minimum absolute atomic E-state index is 0.239. The van der Waals surface area contributed by atoms with E-state index < -0.39 is 6.10 Å². The van der Waals surface area contributed by atoms with Gasteiger partial charge < -0.3 is 20.5 Å². The Morgan fingerprint density at radius 2 is 2.07 bits per heavy atom. The van der Waals surface area contributed by atoms with Crippen LogP contribution in [0.3, 0.4) is 0 Å². The zero-order chi connectivity index (χ0) is 19.1. The van der Waals surface area contributed by atoms with E-state index in [0.717, 1.165) is 36.7 Å². The molecule has 1 heterocycles. The van der Waals surface area contributed by atoms with Gasteiger partial charge >= 0.3 is 0 Å². The molecule has 0 radical (unpaired) electrons. The fourth-order valence-electron chi connectivity index (χ4n) is 2.99. The van der Waals surface area contributed by atoms with Crippen molar-refractivity contribution in [2.45, 2.75) is 25.5 Å². The molecule has 2 atom stereocenters. The van der Waals surface area contributed by atoms with Crippen molar-refractivity contribution in [3.05, 3.63) is 64.7 Å². The lowest BCUT2D eigenvalue weighted by Crippen LogP contribution is -2.32. The van der Waals surface area contributed by atoms with Gasteiger partial charge in [0.25, 0.3) is 0 Å². The number of aliphatic hydroxyl groups is 1. The maximum absolute atomic E-state index is 10.3. The molecule has 1 aliphatic heterocycles. The van der Waals surface area contributed by atoms with E-state index in [-0.39, 0.29) is 6.04 Å². The number of aliphatic imine (C=N–C) groups is 1. The van der Waals surface area contributed by atoms with Gasteiger partial charge in [-0.25, -0.2) is 0 Å². The second-order valence-electron chi connectivity index (χ2n) is 6.77. The lowest BCUT2D eigenvalue weighted by atomic mass is 10.1. The van der Waals surface area contributed by atoms with E-state index in [1.54, 1.807) is 12.1 Å². The molecular weight excluding hydrogens is 362 g/mol. The van der Waals surface area contributed by atoms with Gasteiger partial charge in [-0.15, -0.1) is 0 Å². The molecule has 2 aromatic carbocycles. The summed E-state index contributed by atoms with van der Waals surface area (Å²) in [6.07, 6.45) is 0.297. The zero-order valence-electron chi connectivity index (χ0n) is 15.5. The first-order chi connectivity index (χ1) is 13.1. The van der Waals surface area contributed by atoms with Gasteiger partial charge in [0, 0.05) is 24.2 Å². The molecule has 27 heavy (non-hydrogen) atoms. The van der Waals surface area contributed by atoms with Crippen molar-refractivity contribution in [3.63, 3.8) is 0 Å². The molecule has 0 fully saturated rings. The number of halogens is 1. The number of rotatable bonds is 9. The maximum Gasteiger partial charge on any atom is 0.145 e. The van der Waals surface area contributed by atoms with Crippen LogP contribution in [0.4, 0.5) is 0 Å². The van der Waals surface area contributed by atoms with E-state index in [2.05, 4.69) is 34.7 Å². The van der Waals surface area contributed by atoms with E-state index in [0.29, 0.717) is 18.2 Å². The molecule has 2 unspecified atom stereocenters. The van der Waals surface area contributed by atoms with Crippen molar-refractivity contribution in [2.75, 3.05) is 26.2 Å². The Balaban J connectivity index is 1.42. The Morgan fingerprint density at radius 1 is 1.26 bits per heavy atom. The van der Waals surface area contributed by atoms with Gasteiger partial charge in [0.05, 0.1) is 12.6 Å². The Hall–Kier alpha value is -2.08. The summed E-state index contributed by atoms with van der Waals surface area (Å²) in [5.74, 6) is 1.75. The smallest absolute Gasteiger partial charge is 0.145 e. The fourth-order valence-corrected chi connectivity index (χ4v) is 3.19. The van der Waals surface area contributed by atoms with Crippen LogP contribution in [0.1, 0.15) is 24.2 Å². The van der Waals surface area contributed by atoms with Crippen LogP contribution in [-0.4, -0.2) is 43.2 Å². The van der Waals surface area contributed by atoms with Gasteiger partial charge in [0.15, 0.2) is 0 Å². The molecule has 3 N–H and O–H groups in total. The predicted octanol–water partition coefficient (Wildman–Crippen LogP) is 2.97. The molecule has 0 bridgehead atoms. The monoisotopic (exact) mass is 387 g/mol. The summed E-state index contributed by atoms with van der Waals surface area (Å²) < 4.78 is 5.73. The van der Waals surface area contributed by atoms with Crippen molar-refractivity contribution < 1.29 is 9.84 Å². The number of amidine groups is 1. The second-order valence-corrected chi connectivity index (χ2v) is 7.21. The van der Waals surface area contributed by atoms with Crippen molar-refractivity contribution in [3.8, 4) is 5.75 Å². The molecule has 144 valence electrons. The summed E-state index contributed by atoms with van der Waals surface area (Å²) in [4.78, 5) is 4.31. The highest BCUT2D eigenvalue weighted by Gasteiger charge is 2.11. The first-order valence-corrected chi connectivity index (χ1v) is 9.64. The largest absolute Gasteiger partial charge is 0.486 e. The number of nitrogens with one attached hydrogen (secondary N) is 2. The van der Waals surface area contributed by atoms with E-state index >= 15 is 0 Å². The third kappa shape index (κ3) is 6.24.